The zero-order valence-electron chi connectivity index (χ0n) is 10.8. The largest absolute Gasteiger partial charge is 4.00 e. The molecule has 2 N–H and O–H groups in total. The van der Waals surface area contributed by atoms with Crippen LogP contribution in [0.2, 0.25) is 0 Å². The van der Waals surface area contributed by atoms with Gasteiger partial charge in [-0.15, -0.1) is 24.3 Å². The molecule has 4 aromatic rings. The van der Waals surface area contributed by atoms with Crippen molar-refractivity contribution < 1.29 is 46.5 Å². The molecule has 0 unspecified atom stereocenters. The number of halogens is 2. The van der Waals surface area contributed by atoms with E-state index in [1.165, 1.54) is 0 Å². The summed E-state index contributed by atoms with van der Waals surface area (Å²) in [7, 11) is 0. The fourth-order valence-corrected chi connectivity index (χ4v) is 1.65. The number of benzene rings is 2. The molecule has 0 spiro atoms. The van der Waals surface area contributed by atoms with Crippen molar-refractivity contribution in [1.82, 2.24) is 19.9 Å². The quantitative estimate of drug-likeness (QED) is 0.258. The number of nitrogens with one attached hydrogen (secondary N) is 2. The van der Waals surface area contributed by atoms with Crippen LogP contribution >= 0.6 is 0 Å². The summed E-state index contributed by atoms with van der Waals surface area (Å²) in [6.45, 7) is 0. The van der Waals surface area contributed by atoms with E-state index in [1.54, 1.807) is 0 Å². The molecule has 0 aliphatic rings. The Kier molecular flexibility index (Phi) is 8.98. The molecule has 104 valence electrons. The number of aromatic nitrogens is 4. The van der Waals surface area contributed by atoms with Crippen LogP contribution in [0.3, 0.4) is 0 Å². The molecule has 0 amide bonds. The van der Waals surface area contributed by atoms with Crippen molar-refractivity contribution >= 4 is 22.1 Å². The number of aromatic amines is 2. The maximum Gasteiger partial charge on any atom is 4.00 e. The van der Waals surface area contributed by atoms with Crippen LogP contribution in [0.5, 0.6) is 0 Å². The summed E-state index contributed by atoms with van der Waals surface area (Å²) in [6, 6.07) is 15.7. The third-order valence-corrected chi connectivity index (χ3v) is 2.54. The van der Waals surface area contributed by atoms with Gasteiger partial charge in [0.05, 0.1) is 0 Å². The SMILES string of the molecule is [Cl-].[Cl-].[Ti+4].[c-]1nc2ccccc2[nH]1.[c-]1nc2ccccc2[nH]1. The number of hydrogen-bond donors (Lipinski definition) is 2. The zero-order chi connectivity index (χ0) is 12.2. The minimum absolute atomic E-state index is 0. The predicted molar refractivity (Wildman–Crippen MR) is 69.9 cm³/mol. The summed E-state index contributed by atoms with van der Waals surface area (Å²) in [6.07, 6.45) is 5.33. The van der Waals surface area contributed by atoms with E-state index in [0.717, 1.165) is 22.1 Å². The van der Waals surface area contributed by atoms with Crippen LogP contribution in [0.1, 0.15) is 0 Å². The Hall–Kier alpha value is -1.33. The summed E-state index contributed by atoms with van der Waals surface area (Å²) in [5.41, 5.74) is 4.02. The molecule has 2 aromatic heterocycles. The molecule has 4 nitrogen and oxygen atoms in total. The minimum Gasteiger partial charge on any atom is -1.00 e. The summed E-state index contributed by atoms with van der Waals surface area (Å²) in [5, 5.41) is 0. The average Bonchev–Trinajstić information content (AvgIpc) is 3.08. The molecule has 0 fully saturated rings. The first-order valence-corrected chi connectivity index (χ1v) is 5.55. The molecule has 21 heavy (non-hydrogen) atoms. The van der Waals surface area contributed by atoms with Gasteiger partial charge in [0.25, 0.3) is 0 Å². The van der Waals surface area contributed by atoms with Gasteiger partial charge in [-0.05, 0) is 12.7 Å². The molecule has 0 aliphatic heterocycles. The van der Waals surface area contributed by atoms with Crippen LogP contribution in [-0.2, 0) is 21.7 Å². The standard InChI is InChI=1S/2C7H5N2.2ClH.Ti/c2*1-2-4-7-6(3-1)8-5-9-7;;;/h2*1-4H,(H,8,9);2*1H;/q2*-1;;;+4/p-2. The fourth-order valence-electron chi connectivity index (χ4n) is 1.65. The molecule has 0 saturated carbocycles. The molecule has 0 saturated heterocycles. The van der Waals surface area contributed by atoms with E-state index in [2.05, 4.69) is 32.6 Å². The number of rotatable bonds is 0. The maximum absolute atomic E-state index is 3.94. The van der Waals surface area contributed by atoms with Gasteiger partial charge in [0.15, 0.2) is 0 Å². The third kappa shape index (κ3) is 4.86. The van der Waals surface area contributed by atoms with Crippen molar-refractivity contribution in [3.05, 3.63) is 61.2 Å². The van der Waals surface area contributed by atoms with Gasteiger partial charge in [0.1, 0.15) is 0 Å². The first kappa shape index (κ1) is 19.7. The van der Waals surface area contributed by atoms with Gasteiger partial charge < -0.3 is 44.7 Å². The maximum atomic E-state index is 3.94. The first-order valence-electron chi connectivity index (χ1n) is 5.55. The predicted octanol–water partition coefficient (Wildman–Crippen LogP) is -3.27. The third-order valence-electron chi connectivity index (χ3n) is 2.54. The Balaban J connectivity index is 0.000000333. The summed E-state index contributed by atoms with van der Waals surface area (Å²) >= 11 is 0. The van der Waals surface area contributed by atoms with Crippen molar-refractivity contribution in [3.8, 4) is 0 Å². The van der Waals surface area contributed by atoms with Crippen LogP contribution in [0.4, 0.5) is 0 Å². The first-order chi connectivity index (χ1) is 8.93. The Bertz CT molecular complexity index is 643. The van der Waals surface area contributed by atoms with Gasteiger partial charge in [-0.3, -0.25) is 0 Å². The molecule has 2 aromatic carbocycles. The average molecular weight is 353 g/mol. The van der Waals surface area contributed by atoms with Gasteiger partial charge in [0.2, 0.25) is 0 Å². The normalized spacial score (nSPS) is 8.76. The monoisotopic (exact) mass is 352 g/mol. The molecule has 0 radical (unpaired) electrons. The fraction of sp³-hybridized carbons (Fsp3) is 0. The molecular formula is C14H10Cl2N4Ti. The Morgan fingerprint density at radius 3 is 1.43 bits per heavy atom. The van der Waals surface area contributed by atoms with E-state index in [-0.39, 0.29) is 46.5 Å². The second-order valence-electron chi connectivity index (χ2n) is 3.73. The molecule has 0 aliphatic carbocycles. The minimum atomic E-state index is 0. The number of imidazole rings is 2. The number of nitrogens with zero attached hydrogens (tertiary/aromatic N) is 2. The second-order valence-corrected chi connectivity index (χ2v) is 3.73. The molecule has 0 bridgehead atoms. The number of hydrogen-bond acceptors (Lipinski definition) is 2. The van der Waals surface area contributed by atoms with Gasteiger partial charge >= 0.3 is 21.7 Å². The van der Waals surface area contributed by atoms with Crippen LogP contribution in [0.15, 0.2) is 48.5 Å². The van der Waals surface area contributed by atoms with Crippen molar-refractivity contribution in [2.75, 3.05) is 0 Å². The van der Waals surface area contributed by atoms with Crippen LogP contribution < -0.4 is 24.8 Å². The molecule has 4 rings (SSSR count). The Morgan fingerprint density at radius 1 is 0.667 bits per heavy atom. The molecular weight excluding hydrogens is 343 g/mol. The van der Waals surface area contributed by atoms with Gasteiger partial charge in [-0.2, -0.15) is 0 Å². The molecule has 2 heterocycles. The number of para-hydroxylation sites is 4. The Morgan fingerprint density at radius 2 is 1.05 bits per heavy atom. The molecule has 0 atom stereocenters. The van der Waals surface area contributed by atoms with E-state index >= 15 is 0 Å². The summed E-state index contributed by atoms with van der Waals surface area (Å²) < 4.78 is 0. The number of H-pyrrole nitrogens is 2. The van der Waals surface area contributed by atoms with E-state index < -0.39 is 0 Å². The van der Waals surface area contributed by atoms with Gasteiger partial charge in [-0.25, -0.2) is 0 Å². The topological polar surface area (TPSA) is 57.4 Å². The number of fused-ring (bicyclic) bond motifs is 2. The van der Waals surface area contributed by atoms with Gasteiger partial charge in [0, 0.05) is 0 Å². The molecule has 7 heteroatoms. The van der Waals surface area contributed by atoms with Crippen LogP contribution in [0, 0.1) is 12.7 Å². The Labute approximate surface area is 149 Å². The van der Waals surface area contributed by atoms with E-state index in [9.17, 15) is 0 Å². The van der Waals surface area contributed by atoms with Gasteiger partial charge in [-0.1, -0.05) is 46.3 Å². The van der Waals surface area contributed by atoms with Crippen molar-refractivity contribution in [3.63, 3.8) is 0 Å². The smallest absolute Gasteiger partial charge is 1.00 e. The second kappa shape index (κ2) is 9.58. The van der Waals surface area contributed by atoms with E-state index in [1.807, 2.05) is 48.5 Å². The van der Waals surface area contributed by atoms with Crippen LogP contribution in [0.25, 0.3) is 22.1 Å². The van der Waals surface area contributed by atoms with Crippen LogP contribution in [-0.4, -0.2) is 19.9 Å². The summed E-state index contributed by atoms with van der Waals surface area (Å²) in [4.78, 5) is 13.6. The summed E-state index contributed by atoms with van der Waals surface area (Å²) in [5.74, 6) is 0. The van der Waals surface area contributed by atoms with E-state index in [4.69, 9.17) is 0 Å². The zero-order valence-corrected chi connectivity index (χ0v) is 13.8. The van der Waals surface area contributed by atoms with Crippen molar-refractivity contribution in [1.29, 1.82) is 0 Å². The van der Waals surface area contributed by atoms with Crippen molar-refractivity contribution in [2.45, 2.75) is 0 Å². The van der Waals surface area contributed by atoms with Crippen molar-refractivity contribution in [2.24, 2.45) is 0 Å². The van der Waals surface area contributed by atoms with E-state index in [0.29, 0.717) is 0 Å².